The monoisotopic (exact) mass is 860 g/mol. The SMILES string of the molecule is Cc1ccc(-c2cccc3c2C=C[CH]3[Hf]([CH3])([CH3])([CH3])([CH3])(=[SiH2])[CH]2C=Cc3c(-c4ccc(C)c(-c5ccccc5)c4C)cccc32)c(C)c1-c1ccccc1. The summed E-state index contributed by atoms with van der Waals surface area (Å²) in [5.74, 6) is 0. The van der Waals surface area contributed by atoms with E-state index in [4.69, 9.17) is 0 Å². The van der Waals surface area contributed by atoms with Crippen LogP contribution in [0.4, 0.5) is 0 Å². The molecule has 2 aliphatic rings. The molecule has 2 aliphatic carbocycles. The molecule has 0 bridgehead atoms. The van der Waals surface area contributed by atoms with Crippen LogP contribution in [0.5, 0.6) is 0 Å². The molecule has 0 saturated heterocycles. The molecule has 2 unspecified atom stereocenters. The fourth-order valence-electron chi connectivity index (χ4n) is 10.4. The van der Waals surface area contributed by atoms with Crippen LogP contribution in [0.1, 0.15) is 51.9 Å². The Morgan fingerprint density at radius 2 is 0.808 bits per heavy atom. The third kappa shape index (κ3) is 5.32. The summed E-state index contributed by atoms with van der Waals surface area (Å²) >= 11 is -4.92. The van der Waals surface area contributed by atoms with Gasteiger partial charge >= 0.3 is 310 Å². The molecule has 0 saturated carbocycles. The Morgan fingerprint density at radius 3 is 1.19 bits per heavy atom. The predicted octanol–water partition coefficient (Wildman–Crippen LogP) is 13.9. The van der Waals surface area contributed by atoms with Crippen molar-refractivity contribution < 1.29 is 14.2 Å². The van der Waals surface area contributed by atoms with Crippen LogP contribution < -0.4 is 0 Å². The van der Waals surface area contributed by atoms with E-state index in [1.807, 2.05) is 0 Å². The van der Waals surface area contributed by atoms with Crippen LogP contribution in [0.3, 0.4) is 0 Å². The standard InChI is InChI=1S/2C23H19.4CH3.Hf.H2Si/c2*1-16-14-15-20(17(2)23(16)19-8-4-3-5-9-19)22-13-7-11-18-10-6-12-21(18)22;;;;;;/h2*3-15H,1-2H3;4*1H3;;1H2. The van der Waals surface area contributed by atoms with E-state index in [-0.39, 0.29) is 0 Å². The predicted molar refractivity (Wildman–Crippen MR) is 229 cm³/mol. The summed E-state index contributed by atoms with van der Waals surface area (Å²) in [7, 11) is 0. The van der Waals surface area contributed by atoms with Crippen molar-refractivity contribution in [2.45, 2.75) is 53.8 Å². The molecule has 0 amide bonds. The summed E-state index contributed by atoms with van der Waals surface area (Å²) in [5.41, 5.74) is 21.8. The van der Waals surface area contributed by atoms with Gasteiger partial charge in [-0.2, -0.15) is 0 Å². The number of rotatable bonds is 6. The van der Waals surface area contributed by atoms with E-state index >= 15 is 0 Å². The first-order valence-corrected chi connectivity index (χ1v) is 45.9. The first kappa shape index (κ1) is 34.9. The molecule has 0 spiro atoms. The van der Waals surface area contributed by atoms with Crippen molar-refractivity contribution in [2.75, 3.05) is 0 Å². The first-order valence-electron chi connectivity index (χ1n) is 19.0. The Labute approximate surface area is 307 Å². The van der Waals surface area contributed by atoms with Gasteiger partial charge in [0.2, 0.25) is 0 Å². The van der Waals surface area contributed by atoms with Crippen LogP contribution in [0, 0.1) is 27.7 Å². The molecule has 0 nitrogen and oxygen atoms in total. The zero-order valence-electron chi connectivity index (χ0n) is 32.2. The molecule has 0 aliphatic heterocycles. The number of allylic oxidation sites excluding steroid dienone is 2. The number of benzene rings is 6. The fourth-order valence-corrected chi connectivity index (χ4v) is 39.2. The summed E-state index contributed by atoms with van der Waals surface area (Å²) in [4.78, 5) is 0. The third-order valence-corrected chi connectivity index (χ3v) is 47.6. The van der Waals surface area contributed by atoms with Gasteiger partial charge < -0.3 is 0 Å². The van der Waals surface area contributed by atoms with Gasteiger partial charge in [-0.1, -0.05) is 0 Å². The first-order chi connectivity index (χ1) is 24.5. The van der Waals surface area contributed by atoms with Crippen LogP contribution in [0.15, 0.2) is 133 Å². The Kier molecular flexibility index (Phi) is 7.37. The van der Waals surface area contributed by atoms with Crippen LogP contribution >= 0.6 is 0 Å². The van der Waals surface area contributed by atoms with E-state index in [0.29, 0.717) is 7.35 Å². The van der Waals surface area contributed by atoms with Crippen LogP contribution in [0.25, 0.3) is 56.7 Å². The molecule has 0 radical (unpaired) electrons. The second-order valence-electron chi connectivity index (χ2n) is 20.2. The van der Waals surface area contributed by atoms with Gasteiger partial charge in [0.1, 0.15) is 0 Å². The van der Waals surface area contributed by atoms with E-state index < -0.39 is 14.2 Å². The Morgan fingerprint density at radius 1 is 0.423 bits per heavy atom. The van der Waals surface area contributed by atoms with Crippen molar-refractivity contribution >= 4 is 19.1 Å². The quantitative estimate of drug-likeness (QED) is 0.146. The van der Waals surface area contributed by atoms with Gasteiger partial charge in [0.05, 0.1) is 0 Å². The molecule has 8 rings (SSSR count). The summed E-state index contributed by atoms with van der Waals surface area (Å²) < 4.78 is 11.7. The molecule has 2 atom stereocenters. The molecule has 52 heavy (non-hydrogen) atoms. The van der Waals surface area contributed by atoms with Gasteiger partial charge in [-0.15, -0.1) is 0 Å². The van der Waals surface area contributed by atoms with E-state index in [1.54, 1.807) is 0 Å². The van der Waals surface area contributed by atoms with Gasteiger partial charge in [0.25, 0.3) is 0 Å². The topological polar surface area (TPSA) is 0 Å². The second-order valence-corrected chi connectivity index (χ2v) is 107. The molecule has 0 fully saturated rings. The van der Waals surface area contributed by atoms with Crippen LogP contribution in [-0.2, 0) is 14.2 Å². The average molecular weight is 860 g/mol. The zero-order valence-corrected chi connectivity index (χ0v) is 37.2. The van der Waals surface area contributed by atoms with E-state index in [9.17, 15) is 0 Å². The molecule has 6 aromatic carbocycles. The normalized spacial score (nSPS) is 18.3. The maximum atomic E-state index is 2.74. The summed E-state index contributed by atoms with van der Waals surface area (Å²) in [6.45, 7) is 11.5. The minimum absolute atomic E-state index is 0.354. The average Bonchev–Trinajstić information content (AvgIpc) is 3.77. The number of hydrogen-bond acceptors (Lipinski definition) is 0. The number of fused-ring (bicyclic) bond motifs is 2. The molecular formula is C50H52HfSi. The van der Waals surface area contributed by atoms with Gasteiger partial charge in [-0.05, 0) is 0 Å². The summed E-state index contributed by atoms with van der Waals surface area (Å²) in [6.07, 6.45) is 10.1. The summed E-state index contributed by atoms with van der Waals surface area (Å²) in [5, 5.41) is 0. The molecule has 260 valence electrons. The van der Waals surface area contributed by atoms with Gasteiger partial charge in [0, 0.05) is 0 Å². The van der Waals surface area contributed by atoms with Crippen molar-refractivity contribution in [1.82, 2.24) is 0 Å². The minimum atomic E-state index is -4.92. The Hall–Kier alpha value is -4.11. The molecule has 6 aromatic rings. The molecule has 0 aromatic heterocycles. The van der Waals surface area contributed by atoms with Crippen molar-refractivity contribution in [2.24, 2.45) is 0 Å². The zero-order chi connectivity index (χ0) is 36.7. The molecule has 0 heterocycles. The third-order valence-electron chi connectivity index (χ3n) is 13.2. The van der Waals surface area contributed by atoms with Crippen molar-refractivity contribution in [3.8, 4) is 44.5 Å². The van der Waals surface area contributed by atoms with Crippen LogP contribution in [0.2, 0.25) is 18.7 Å². The number of aryl methyl sites for hydroxylation is 2. The van der Waals surface area contributed by atoms with E-state index in [2.05, 4.69) is 199 Å². The maximum absolute atomic E-state index is 4.92. The summed E-state index contributed by atoms with van der Waals surface area (Å²) in [6, 6.07) is 45.3. The molecule has 0 N–H and O–H groups in total. The van der Waals surface area contributed by atoms with Gasteiger partial charge in [0.15, 0.2) is 0 Å². The number of hydrogen-bond donors (Lipinski definition) is 0. The van der Waals surface area contributed by atoms with Crippen molar-refractivity contribution in [3.63, 3.8) is 0 Å². The molecule has 2 heteroatoms. The van der Waals surface area contributed by atoms with Crippen molar-refractivity contribution in [1.29, 1.82) is 0 Å². The second kappa shape index (κ2) is 11.0. The fraction of sp³-hybridized carbons (Fsp3) is 0.200. The Balaban J connectivity index is 1.25. The van der Waals surface area contributed by atoms with E-state index in [0.717, 1.165) is 0 Å². The van der Waals surface area contributed by atoms with Crippen LogP contribution in [-0.4, -0.2) is 6.94 Å². The molecular weight excluding hydrogens is 807 g/mol. The van der Waals surface area contributed by atoms with E-state index in [1.165, 1.54) is 89.0 Å². The van der Waals surface area contributed by atoms with Crippen molar-refractivity contribution in [3.05, 3.63) is 178 Å². The van der Waals surface area contributed by atoms with Gasteiger partial charge in [-0.25, -0.2) is 0 Å². The van der Waals surface area contributed by atoms with Gasteiger partial charge in [-0.3, -0.25) is 0 Å². The Bertz CT molecular complexity index is 2460.